The number of rotatable bonds is 7. The number of benzene rings is 2. The number of hydrogen-bond acceptors (Lipinski definition) is 5. The van der Waals surface area contributed by atoms with Crippen LogP contribution in [-0.4, -0.2) is 29.5 Å². The molecule has 4 aromatic rings. The molecule has 9 heteroatoms. The van der Waals surface area contributed by atoms with Gasteiger partial charge < -0.3 is 10.3 Å². The maximum Gasteiger partial charge on any atom is 0.240 e. The normalized spacial score (nSPS) is 12.0. The van der Waals surface area contributed by atoms with Gasteiger partial charge in [-0.1, -0.05) is 29.8 Å². The zero-order valence-corrected chi connectivity index (χ0v) is 17.1. The second-order valence-electron chi connectivity index (χ2n) is 6.71. The number of anilines is 1. The Kier molecular flexibility index (Phi) is 5.40. The third kappa shape index (κ3) is 4.05. The molecule has 7 nitrogen and oxygen atoms in total. The molecule has 0 amide bonds. The van der Waals surface area contributed by atoms with E-state index in [-0.39, 0.29) is 4.90 Å². The van der Waals surface area contributed by atoms with Gasteiger partial charge in [-0.15, -0.1) is 0 Å². The first-order valence-electron chi connectivity index (χ1n) is 9.20. The van der Waals surface area contributed by atoms with E-state index in [1.54, 1.807) is 18.5 Å². The molecule has 0 fully saturated rings. The first kappa shape index (κ1) is 19.6. The predicted molar refractivity (Wildman–Crippen MR) is 115 cm³/mol. The summed E-state index contributed by atoms with van der Waals surface area (Å²) in [6.45, 7) is 1.05. The lowest BCUT2D eigenvalue weighted by molar-refractivity contribution is 0.568. The highest BCUT2D eigenvalue weighted by atomic mass is 35.5. The van der Waals surface area contributed by atoms with Crippen LogP contribution in [0.2, 0.25) is 5.02 Å². The van der Waals surface area contributed by atoms with Gasteiger partial charge in [-0.05, 0) is 43.2 Å². The van der Waals surface area contributed by atoms with Crippen molar-refractivity contribution in [1.29, 1.82) is 0 Å². The molecular weight excluding hydrogens is 410 g/mol. The number of nitrogen functional groups attached to an aromatic ring is 1. The average molecular weight is 430 g/mol. The molecule has 2 aromatic heterocycles. The van der Waals surface area contributed by atoms with Crippen LogP contribution in [0.15, 0.2) is 59.8 Å². The van der Waals surface area contributed by atoms with E-state index >= 15 is 0 Å². The molecule has 0 radical (unpaired) electrons. The Morgan fingerprint density at radius 1 is 1.07 bits per heavy atom. The van der Waals surface area contributed by atoms with Crippen molar-refractivity contribution < 1.29 is 8.42 Å². The lowest BCUT2D eigenvalue weighted by atomic mass is 10.2. The monoisotopic (exact) mass is 429 g/mol. The Hall–Kier alpha value is -2.68. The van der Waals surface area contributed by atoms with E-state index in [1.165, 1.54) is 12.1 Å². The van der Waals surface area contributed by atoms with Crippen LogP contribution in [0, 0.1) is 0 Å². The fraction of sp³-hybridized carbons (Fsp3) is 0.200. The van der Waals surface area contributed by atoms with E-state index in [4.69, 9.17) is 17.3 Å². The highest BCUT2D eigenvalue weighted by Gasteiger charge is 2.14. The summed E-state index contributed by atoms with van der Waals surface area (Å²) in [5.41, 5.74) is 8.52. The molecule has 0 bridgehead atoms. The van der Waals surface area contributed by atoms with Gasteiger partial charge in [0.25, 0.3) is 0 Å². The van der Waals surface area contributed by atoms with Gasteiger partial charge >= 0.3 is 0 Å². The van der Waals surface area contributed by atoms with E-state index in [1.807, 2.05) is 28.8 Å². The minimum atomic E-state index is -3.53. The SMILES string of the molecule is Nc1nc2ccccc2c2c1ncn2CCCCNS(=O)(=O)c1ccc(Cl)cc1. The molecule has 0 atom stereocenters. The summed E-state index contributed by atoms with van der Waals surface area (Å²) in [6, 6.07) is 13.9. The summed E-state index contributed by atoms with van der Waals surface area (Å²) in [4.78, 5) is 9.02. The Morgan fingerprint density at radius 2 is 1.83 bits per heavy atom. The second-order valence-corrected chi connectivity index (χ2v) is 8.91. The molecule has 0 spiro atoms. The Labute approximate surface area is 173 Å². The van der Waals surface area contributed by atoms with Gasteiger partial charge in [-0.2, -0.15) is 0 Å². The number of sulfonamides is 1. The zero-order chi connectivity index (χ0) is 20.4. The standard InChI is InChI=1S/C20H20ClN5O2S/c21-14-7-9-15(10-8-14)29(27,28)24-11-3-4-12-26-13-23-18-19(26)16-5-1-2-6-17(16)25-20(18)22/h1-2,5-10,13,24H,3-4,11-12H2,(H2,22,25). The first-order valence-corrected chi connectivity index (χ1v) is 11.1. The Bertz CT molecular complexity index is 1270. The second kappa shape index (κ2) is 7.98. The number of halogens is 1. The molecule has 0 saturated carbocycles. The molecule has 2 heterocycles. The molecule has 2 aromatic carbocycles. The predicted octanol–water partition coefficient (Wildman–Crippen LogP) is 3.58. The van der Waals surface area contributed by atoms with E-state index < -0.39 is 10.0 Å². The van der Waals surface area contributed by atoms with Gasteiger partial charge in [-0.3, -0.25) is 0 Å². The Morgan fingerprint density at radius 3 is 2.62 bits per heavy atom. The van der Waals surface area contributed by atoms with Crippen molar-refractivity contribution in [2.45, 2.75) is 24.3 Å². The number of unbranched alkanes of at least 4 members (excludes halogenated alkanes) is 1. The summed E-state index contributed by atoms with van der Waals surface area (Å²) >= 11 is 5.81. The number of nitrogens with one attached hydrogen (secondary N) is 1. The first-order chi connectivity index (χ1) is 14.0. The number of aryl methyl sites for hydroxylation is 1. The largest absolute Gasteiger partial charge is 0.382 e. The van der Waals surface area contributed by atoms with Gasteiger partial charge in [0, 0.05) is 23.5 Å². The van der Waals surface area contributed by atoms with E-state index in [9.17, 15) is 8.42 Å². The van der Waals surface area contributed by atoms with Crippen molar-refractivity contribution in [3.8, 4) is 0 Å². The quantitative estimate of drug-likeness (QED) is 0.437. The van der Waals surface area contributed by atoms with Gasteiger partial charge in [-0.25, -0.2) is 23.1 Å². The fourth-order valence-corrected chi connectivity index (χ4v) is 4.49. The van der Waals surface area contributed by atoms with Crippen molar-refractivity contribution in [2.75, 3.05) is 12.3 Å². The van der Waals surface area contributed by atoms with Crippen LogP contribution in [0.25, 0.3) is 21.9 Å². The van der Waals surface area contributed by atoms with Crippen LogP contribution in [0.5, 0.6) is 0 Å². The number of para-hydroxylation sites is 1. The van der Waals surface area contributed by atoms with Crippen molar-refractivity contribution in [2.24, 2.45) is 0 Å². The molecular formula is C20H20ClN5O2S. The molecule has 29 heavy (non-hydrogen) atoms. The van der Waals surface area contributed by atoms with Crippen LogP contribution < -0.4 is 10.5 Å². The minimum absolute atomic E-state index is 0.206. The topological polar surface area (TPSA) is 103 Å². The highest BCUT2D eigenvalue weighted by Crippen LogP contribution is 2.27. The molecule has 4 rings (SSSR count). The third-order valence-corrected chi connectivity index (χ3v) is 6.45. The number of fused-ring (bicyclic) bond motifs is 3. The molecule has 0 unspecified atom stereocenters. The minimum Gasteiger partial charge on any atom is -0.382 e. The molecule has 150 valence electrons. The van der Waals surface area contributed by atoms with E-state index in [0.29, 0.717) is 35.9 Å². The molecule has 0 aliphatic heterocycles. The van der Waals surface area contributed by atoms with Gasteiger partial charge in [0.15, 0.2) is 5.82 Å². The number of imidazole rings is 1. The van der Waals surface area contributed by atoms with Gasteiger partial charge in [0.1, 0.15) is 5.52 Å². The van der Waals surface area contributed by atoms with Crippen LogP contribution in [0.4, 0.5) is 5.82 Å². The van der Waals surface area contributed by atoms with Crippen molar-refractivity contribution in [3.05, 3.63) is 59.9 Å². The van der Waals surface area contributed by atoms with Gasteiger partial charge in [0.2, 0.25) is 10.0 Å². The number of nitrogens with zero attached hydrogens (tertiary/aromatic N) is 3. The smallest absolute Gasteiger partial charge is 0.240 e. The zero-order valence-electron chi connectivity index (χ0n) is 15.5. The number of pyridine rings is 1. The highest BCUT2D eigenvalue weighted by molar-refractivity contribution is 7.89. The van der Waals surface area contributed by atoms with Crippen LogP contribution in [0.1, 0.15) is 12.8 Å². The summed E-state index contributed by atoms with van der Waals surface area (Å²) in [5, 5.41) is 1.50. The van der Waals surface area contributed by atoms with Crippen molar-refractivity contribution in [3.63, 3.8) is 0 Å². The molecule has 3 N–H and O–H groups in total. The maximum atomic E-state index is 12.3. The number of nitrogens with two attached hydrogens (primary N) is 1. The summed E-state index contributed by atoms with van der Waals surface area (Å²) in [7, 11) is -3.53. The summed E-state index contributed by atoms with van der Waals surface area (Å²) < 4.78 is 29.3. The third-order valence-electron chi connectivity index (χ3n) is 4.72. The van der Waals surface area contributed by atoms with Gasteiger partial charge in [0.05, 0.1) is 22.3 Å². The summed E-state index contributed by atoms with van der Waals surface area (Å²) in [6.07, 6.45) is 3.23. The Balaban J connectivity index is 1.41. The maximum absolute atomic E-state index is 12.3. The van der Waals surface area contributed by atoms with E-state index in [0.717, 1.165) is 22.8 Å². The number of aromatic nitrogens is 3. The molecule has 0 aliphatic rings. The lowest BCUT2D eigenvalue weighted by Crippen LogP contribution is -2.24. The van der Waals surface area contributed by atoms with Crippen molar-refractivity contribution in [1.82, 2.24) is 19.3 Å². The summed E-state index contributed by atoms with van der Waals surface area (Å²) in [5.74, 6) is 0.410. The average Bonchev–Trinajstić information content (AvgIpc) is 3.13. The number of hydrogen-bond donors (Lipinski definition) is 2. The molecule has 0 saturated heterocycles. The molecule has 0 aliphatic carbocycles. The van der Waals surface area contributed by atoms with E-state index in [2.05, 4.69) is 14.7 Å². The van der Waals surface area contributed by atoms with Crippen LogP contribution >= 0.6 is 11.6 Å². The van der Waals surface area contributed by atoms with Crippen LogP contribution in [-0.2, 0) is 16.6 Å². The van der Waals surface area contributed by atoms with Crippen molar-refractivity contribution >= 4 is 49.4 Å². The van der Waals surface area contributed by atoms with Crippen LogP contribution in [0.3, 0.4) is 0 Å². The fourth-order valence-electron chi connectivity index (χ4n) is 3.29. The lowest BCUT2D eigenvalue weighted by Gasteiger charge is -2.09.